The molecule has 1 amide bonds. The zero-order chi connectivity index (χ0) is 29.7. The molecule has 216 valence electrons. The smallest absolute Gasteiger partial charge is 0.333 e. The second kappa shape index (κ2) is 9.50. The minimum absolute atomic E-state index is 0.287. The quantitative estimate of drug-likeness (QED) is 0.293. The van der Waals surface area contributed by atoms with Crippen LogP contribution in [-0.2, 0) is 14.3 Å². The highest BCUT2D eigenvalue weighted by atomic mass is 19.4. The number of amides is 1. The zero-order valence-electron chi connectivity index (χ0n) is 17.8. The van der Waals surface area contributed by atoms with Crippen LogP contribution < -0.4 is 0 Å². The lowest BCUT2D eigenvalue weighted by molar-refractivity contribution is -0.548. The first-order chi connectivity index (χ1) is 15.3. The number of ether oxygens (including phenoxy) is 2. The van der Waals surface area contributed by atoms with E-state index in [4.69, 9.17) is 0 Å². The largest absolute Gasteiger partial charge is 0.462 e. The maximum Gasteiger partial charge on any atom is 0.462 e. The van der Waals surface area contributed by atoms with Gasteiger partial charge in [0.25, 0.3) is 5.91 Å². The molecular weight excluding hydrogens is 565 g/mol. The Kier molecular flexibility index (Phi) is 9.02. The first-order valence-corrected chi connectivity index (χ1v) is 8.78. The SMILES string of the molecule is CC(C)N(C(=O)C(F)(OC(F)(F)C(F)(OC(F)(F)C(F)(F)C(F)(F)F)C(F)(F)F)C(F)(F)F)C(C)C. The third-order valence-electron chi connectivity index (χ3n) is 3.99. The summed E-state index contributed by atoms with van der Waals surface area (Å²) >= 11 is 0. The van der Waals surface area contributed by atoms with Gasteiger partial charge >= 0.3 is 48.4 Å². The molecule has 0 aromatic carbocycles. The Morgan fingerprint density at radius 1 is 0.556 bits per heavy atom. The summed E-state index contributed by atoms with van der Waals surface area (Å²) in [5.41, 5.74) is 0. The van der Waals surface area contributed by atoms with Gasteiger partial charge in [0.15, 0.2) is 0 Å². The number of nitrogens with zero attached hydrogens (tertiary/aromatic N) is 1. The molecular formula is C15H14F17NO3. The molecule has 0 spiro atoms. The fraction of sp³-hybridized carbons (Fsp3) is 0.933. The van der Waals surface area contributed by atoms with Crippen LogP contribution in [0.5, 0.6) is 0 Å². The standard InChI is InChI=1S/C15H14F17NO3/c1-5(2)33(6(3)4)7(34)8(16,11(20,21)22)35-15(31,32)10(19,13(26,27)28)36-14(29,30)9(17,18)12(23,24)25/h5-6H,1-4H3. The Bertz CT molecular complexity index is 780. The van der Waals surface area contributed by atoms with Crippen molar-refractivity contribution in [3.63, 3.8) is 0 Å². The van der Waals surface area contributed by atoms with Gasteiger partial charge in [-0.2, -0.15) is 74.6 Å². The third kappa shape index (κ3) is 5.85. The highest BCUT2D eigenvalue weighted by Gasteiger charge is 2.85. The summed E-state index contributed by atoms with van der Waals surface area (Å²) in [7, 11) is 0. The van der Waals surface area contributed by atoms with Crippen LogP contribution in [0.3, 0.4) is 0 Å². The maximum atomic E-state index is 14.6. The molecule has 0 radical (unpaired) electrons. The van der Waals surface area contributed by atoms with Crippen LogP contribution in [-0.4, -0.2) is 71.3 Å². The molecule has 0 N–H and O–H groups in total. The third-order valence-corrected chi connectivity index (χ3v) is 3.99. The molecule has 0 saturated carbocycles. The fourth-order valence-electron chi connectivity index (χ4n) is 2.38. The summed E-state index contributed by atoms with van der Waals surface area (Å²) in [5, 5.41) is 0. The Morgan fingerprint density at radius 3 is 1.17 bits per heavy atom. The molecule has 2 atom stereocenters. The van der Waals surface area contributed by atoms with Gasteiger partial charge < -0.3 is 4.90 Å². The molecule has 0 saturated heterocycles. The second-order valence-corrected chi connectivity index (χ2v) is 7.40. The number of hydrogen-bond donors (Lipinski definition) is 0. The molecule has 0 heterocycles. The highest BCUT2D eigenvalue weighted by molar-refractivity contribution is 5.85. The van der Waals surface area contributed by atoms with E-state index in [-0.39, 0.29) is 4.90 Å². The first kappa shape index (κ1) is 34.2. The molecule has 0 aliphatic heterocycles. The number of carbonyl (C=O) groups is 1. The minimum Gasteiger partial charge on any atom is -0.333 e. The Morgan fingerprint density at radius 2 is 0.917 bits per heavy atom. The van der Waals surface area contributed by atoms with E-state index < -0.39 is 66.4 Å². The molecule has 21 heteroatoms. The molecule has 36 heavy (non-hydrogen) atoms. The van der Waals surface area contributed by atoms with E-state index in [1.165, 1.54) is 4.74 Å². The summed E-state index contributed by atoms with van der Waals surface area (Å²) in [6, 6.07) is -3.15. The fourth-order valence-corrected chi connectivity index (χ4v) is 2.38. The van der Waals surface area contributed by atoms with Crippen LogP contribution in [0.15, 0.2) is 0 Å². The van der Waals surface area contributed by atoms with Gasteiger partial charge in [0, 0.05) is 12.1 Å². The zero-order valence-corrected chi connectivity index (χ0v) is 17.8. The van der Waals surface area contributed by atoms with Gasteiger partial charge in [-0.3, -0.25) is 14.3 Å². The summed E-state index contributed by atoms with van der Waals surface area (Å²) in [4.78, 5) is 11.7. The van der Waals surface area contributed by atoms with Gasteiger partial charge in [0.05, 0.1) is 0 Å². The molecule has 0 fully saturated rings. The summed E-state index contributed by atoms with van der Waals surface area (Å²) in [5.74, 6) is -25.9. The average Bonchev–Trinajstić information content (AvgIpc) is 2.56. The van der Waals surface area contributed by atoms with Crippen molar-refractivity contribution in [2.45, 2.75) is 88.2 Å². The molecule has 2 unspecified atom stereocenters. The van der Waals surface area contributed by atoms with Crippen molar-refractivity contribution >= 4 is 5.91 Å². The predicted octanol–water partition coefficient (Wildman–Crippen LogP) is 6.50. The minimum atomic E-state index is -8.03. The van der Waals surface area contributed by atoms with E-state index in [0.717, 1.165) is 27.7 Å². The van der Waals surface area contributed by atoms with Crippen LogP contribution in [0.4, 0.5) is 74.6 Å². The molecule has 4 nitrogen and oxygen atoms in total. The van der Waals surface area contributed by atoms with E-state index in [1.54, 1.807) is 0 Å². The lowest BCUT2D eigenvalue weighted by Crippen LogP contribution is -2.69. The topological polar surface area (TPSA) is 38.8 Å². The lowest BCUT2D eigenvalue weighted by atomic mass is 10.1. The number of hydrogen-bond acceptors (Lipinski definition) is 3. The predicted molar refractivity (Wildman–Crippen MR) is 80.0 cm³/mol. The van der Waals surface area contributed by atoms with Crippen molar-refractivity contribution in [2.24, 2.45) is 0 Å². The molecule has 0 aromatic rings. The summed E-state index contributed by atoms with van der Waals surface area (Å²) < 4.78 is 227. The van der Waals surface area contributed by atoms with Crippen molar-refractivity contribution in [3.05, 3.63) is 0 Å². The van der Waals surface area contributed by atoms with Crippen LogP contribution in [0.1, 0.15) is 27.7 Å². The Balaban J connectivity index is 6.99. The number of carbonyl (C=O) groups excluding carboxylic acids is 1. The number of halogens is 17. The van der Waals surface area contributed by atoms with Crippen LogP contribution in [0.2, 0.25) is 0 Å². The second-order valence-electron chi connectivity index (χ2n) is 7.40. The number of alkyl halides is 17. The molecule has 0 aromatic heterocycles. The molecule has 0 bridgehead atoms. The van der Waals surface area contributed by atoms with E-state index in [9.17, 15) is 79.4 Å². The Hall–Kier alpha value is -1.80. The molecule has 0 rings (SSSR count). The van der Waals surface area contributed by atoms with Gasteiger partial charge in [-0.25, -0.2) is 0 Å². The van der Waals surface area contributed by atoms with E-state index in [1.807, 2.05) is 0 Å². The Labute approximate surface area is 189 Å². The summed E-state index contributed by atoms with van der Waals surface area (Å²) in [6.45, 7) is 3.24. The number of rotatable bonds is 9. The van der Waals surface area contributed by atoms with Gasteiger partial charge in [0.1, 0.15) is 0 Å². The maximum absolute atomic E-state index is 14.6. The first-order valence-electron chi connectivity index (χ1n) is 8.78. The van der Waals surface area contributed by atoms with Crippen LogP contribution in [0, 0.1) is 0 Å². The molecule has 0 aliphatic rings. The van der Waals surface area contributed by atoms with Crippen molar-refractivity contribution < 1.29 is 88.9 Å². The van der Waals surface area contributed by atoms with Crippen molar-refractivity contribution in [3.8, 4) is 0 Å². The van der Waals surface area contributed by atoms with Crippen LogP contribution >= 0.6 is 0 Å². The van der Waals surface area contributed by atoms with Crippen molar-refractivity contribution in [1.29, 1.82) is 0 Å². The van der Waals surface area contributed by atoms with Gasteiger partial charge in [-0.15, -0.1) is 0 Å². The van der Waals surface area contributed by atoms with Crippen LogP contribution in [0.25, 0.3) is 0 Å². The van der Waals surface area contributed by atoms with Gasteiger partial charge in [0.2, 0.25) is 0 Å². The normalized spacial score (nSPS) is 18.3. The highest BCUT2D eigenvalue weighted by Crippen LogP contribution is 2.56. The van der Waals surface area contributed by atoms with E-state index >= 15 is 0 Å². The van der Waals surface area contributed by atoms with Gasteiger partial charge in [-0.05, 0) is 27.7 Å². The van der Waals surface area contributed by atoms with E-state index in [2.05, 4.69) is 4.74 Å². The lowest BCUT2D eigenvalue weighted by Gasteiger charge is -2.42. The van der Waals surface area contributed by atoms with E-state index in [0.29, 0.717) is 0 Å². The van der Waals surface area contributed by atoms with Crippen molar-refractivity contribution in [1.82, 2.24) is 4.90 Å². The molecule has 0 aliphatic carbocycles. The summed E-state index contributed by atoms with van der Waals surface area (Å²) in [6.07, 6.45) is -38.4. The average molecular weight is 579 g/mol. The van der Waals surface area contributed by atoms with Gasteiger partial charge in [-0.1, -0.05) is 0 Å². The van der Waals surface area contributed by atoms with Crippen molar-refractivity contribution in [2.75, 3.05) is 0 Å². The monoisotopic (exact) mass is 579 g/mol.